The molecule has 0 saturated carbocycles. The van der Waals surface area contributed by atoms with Gasteiger partial charge < -0.3 is 0 Å². The summed E-state index contributed by atoms with van der Waals surface area (Å²) in [5, 5.41) is 2.75. The molecule has 0 aromatic heterocycles. The van der Waals surface area contributed by atoms with Gasteiger partial charge in [0.1, 0.15) is 0 Å². The first-order valence-corrected chi connectivity index (χ1v) is 10.6. The number of hydrogen-bond donors (Lipinski definition) is 0. The van der Waals surface area contributed by atoms with Gasteiger partial charge in [0, 0.05) is 9.79 Å². The van der Waals surface area contributed by atoms with Crippen molar-refractivity contribution in [2.75, 3.05) is 0 Å². The molecular weight excluding hydrogens is 368 g/mol. The summed E-state index contributed by atoms with van der Waals surface area (Å²) in [6, 6.07) is 42.6. The van der Waals surface area contributed by atoms with E-state index in [0.717, 1.165) is 0 Å². The largest absolute Gasteiger partial charge is 0.0901 e. The fourth-order valence-electron chi connectivity index (χ4n) is 3.86. The van der Waals surface area contributed by atoms with Gasteiger partial charge in [-0.25, -0.2) is 0 Å². The zero-order chi connectivity index (χ0) is 19.5. The second kappa shape index (κ2) is 7.98. The van der Waals surface area contributed by atoms with Gasteiger partial charge in [-0.05, 0) is 57.3 Å². The Labute approximate surface area is 175 Å². The van der Waals surface area contributed by atoms with E-state index in [4.69, 9.17) is 0 Å². The molecule has 29 heavy (non-hydrogen) atoms. The minimum absolute atomic E-state index is 1.29. The van der Waals surface area contributed by atoms with E-state index in [1.807, 2.05) is 12.1 Å². The number of benzene rings is 5. The van der Waals surface area contributed by atoms with Crippen LogP contribution in [-0.4, -0.2) is 0 Å². The summed E-state index contributed by atoms with van der Waals surface area (Å²) in [6.07, 6.45) is 0. The molecule has 5 aromatic rings. The van der Waals surface area contributed by atoms with Crippen molar-refractivity contribution in [2.24, 2.45) is 0 Å². The van der Waals surface area contributed by atoms with Crippen LogP contribution in [-0.2, 0) is 0 Å². The third kappa shape index (κ3) is 3.57. The normalized spacial score (nSPS) is 10.9. The summed E-state index contributed by atoms with van der Waals surface area (Å²) in [5.74, 6) is 0. The maximum atomic E-state index is 2.22. The number of hydrogen-bond acceptors (Lipinski definition) is 1. The standard InChI is InChI=1S/C16H10.C12H10S/c1-2-8-13-12(7-1)14-9-3-5-11-6-4-10-15(13)16(11)14;1-3-7-11(8-4-1)13-12-9-5-2-6-10-12/h1-10H;1-10H. The molecule has 0 atom stereocenters. The van der Waals surface area contributed by atoms with E-state index in [1.54, 1.807) is 11.8 Å². The van der Waals surface area contributed by atoms with Crippen LogP contribution in [0.15, 0.2) is 131 Å². The Morgan fingerprint density at radius 3 is 1.24 bits per heavy atom. The molecular formula is C28H20S. The molecule has 0 radical (unpaired) electrons. The molecule has 0 fully saturated rings. The van der Waals surface area contributed by atoms with Crippen LogP contribution in [0.3, 0.4) is 0 Å². The van der Waals surface area contributed by atoms with E-state index in [-0.39, 0.29) is 0 Å². The molecule has 0 aliphatic heterocycles. The lowest BCUT2D eigenvalue weighted by Gasteiger charge is -2.00. The summed E-state index contributed by atoms with van der Waals surface area (Å²) in [5.41, 5.74) is 5.50. The van der Waals surface area contributed by atoms with Crippen LogP contribution in [0.1, 0.15) is 0 Å². The molecule has 1 aliphatic rings. The van der Waals surface area contributed by atoms with Gasteiger partial charge in [-0.3, -0.25) is 0 Å². The SMILES string of the molecule is c1ccc(Sc2ccccc2)cc1.c1ccc2c(c1)-c1cccc3cccc-2c13. The van der Waals surface area contributed by atoms with Crippen LogP contribution in [0, 0.1) is 0 Å². The molecule has 0 saturated heterocycles. The van der Waals surface area contributed by atoms with Crippen LogP contribution < -0.4 is 0 Å². The second-order valence-corrected chi connectivity index (χ2v) is 8.13. The molecule has 0 amide bonds. The predicted molar refractivity (Wildman–Crippen MR) is 125 cm³/mol. The van der Waals surface area contributed by atoms with Crippen molar-refractivity contribution in [3.05, 3.63) is 121 Å². The van der Waals surface area contributed by atoms with Gasteiger partial charge in [0.2, 0.25) is 0 Å². The molecule has 0 bridgehead atoms. The number of rotatable bonds is 2. The van der Waals surface area contributed by atoms with E-state index in [2.05, 4.69) is 109 Å². The zero-order valence-electron chi connectivity index (χ0n) is 16.0. The van der Waals surface area contributed by atoms with Crippen LogP contribution >= 0.6 is 11.8 Å². The Morgan fingerprint density at radius 1 is 0.345 bits per heavy atom. The Bertz CT molecular complexity index is 1160. The highest BCUT2D eigenvalue weighted by Crippen LogP contribution is 2.46. The Hall–Kier alpha value is -3.29. The van der Waals surface area contributed by atoms with Crippen molar-refractivity contribution in [2.45, 2.75) is 9.79 Å². The number of fused-ring (bicyclic) bond motifs is 3. The lowest BCUT2D eigenvalue weighted by molar-refractivity contribution is 1.41. The second-order valence-electron chi connectivity index (χ2n) is 6.98. The quantitative estimate of drug-likeness (QED) is 0.287. The van der Waals surface area contributed by atoms with Crippen LogP contribution in [0.5, 0.6) is 0 Å². The third-order valence-corrected chi connectivity index (χ3v) is 6.15. The third-order valence-electron chi connectivity index (χ3n) is 5.13. The average Bonchev–Trinajstić information content (AvgIpc) is 3.12. The monoisotopic (exact) mass is 388 g/mol. The maximum Gasteiger partial charge on any atom is 0.0122 e. The predicted octanol–water partition coefficient (Wildman–Crippen LogP) is 8.33. The van der Waals surface area contributed by atoms with Crippen molar-refractivity contribution in [3.8, 4) is 22.3 Å². The highest BCUT2D eigenvalue weighted by atomic mass is 32.2. The highest BCUT2D eigenvalue weighted by molar-refractivity contribution is 7.99. The van der Waals surface area contributed by atoms with Gasteiger partial charge in [0.05, 0.1) is 0 Å². The smallest absolute Gasteiger partial charge is 0.0122 e. The lowest BCUT2D eigenvalue weighted by atomic mass is 10.0. The van der Waals surface area contributed by atoms with Crippen molar-refractivity contribution >= 4 is 22.5 Å². The minimum Gasteiger partial charge on any atom is -0.0901 e. The topological polar surface area (TPSA) is 0 Å². The summed E-state index contributed by atoms with van der Waals surface area (Å²) in [6.45, 7) is 0. The fourth-order valence-corrected chi connectivity index (χ4v) is 4.71. The first-order valence-electron chi connectivity index (χ1n) is 9.79. The van der Waals surface area contributed by atoms with E-state index in [9.17, 15) is 0 Å². The molecule has 0 N–H and O–H groups in total. The van der Waals surface area contributed by atoms with Gasteiger partial charge in [-0.2, -0.15) is 0 Å². The van der Waals surface area contributed by atoms with Gasteiger partial charge in [0.25, 0.3) is 0 Å². The van der Waals surface area contributed by atoms with Gasteiger partial charge in [-0.1, -0.05) is 109 Å². The average molecular weight is 389 g/mol. The summed E-state index contributed by atoms with van der Waals surface area (Å²) >= 11 is 1.79. The summed E-state index contributed by atoms with van der Waals surface area (Å²) < 4.78 is 0. The van der Waals surface area contributed by atoms with Crippen molar-refractivity contribution in [1.82, 2.24) is 0 Å². The molecule has 6 rings (SSSR count). The first kappa shape index (κ1) is 17.8. The minimum atomic E-state index is 1.29. The molecule has 5 aromatic carbocycles. The zero-order valence-corrected chi connectivity index (χ0v) is 16.8. The summed E-state index contributed by atoms with van der Waals surface area (Å²) in [4.78, 5) is 2.57. The molecule has 0 unspecified atom stereocenters. The Balaban J connectivity index is 0.000000129. The van der Waals surface area contributed by atoms with Crippen LogP contribution in [0.25, 0.3) is 33.0 Å². The van der Waals surface area contributed by atoms with Crippen molar-refractivity contribution < 1.29 is 0 Å². The van der Waals surface area contributed by atoms with Gasteiger partial charge in [0.15, 0.2) is 0 Å². The van der Waals surface area contributed by atoms with Crippen LogP contribution in [0.4, 0.5) is 0 Å². The highest BCUT2D eigenvalue weighted by Gasteiger charge is 2.19. The first-order chi connectivity index (χ1) is 14.4. The van der Waals surface area contributed by atoms with E-state index in [0.29, 0.717) is 0 Å². The molecule has 1 aliphatic carbocycles. The molecule has 0 heterocycles. The van der Waals surface area contributed by atoms with Crippen LogP contribution in [0.2, 0.25) is 0 Å². The van der Waals surface area contributed by atoms with E-state index in [1.165, 1.54) is 42.8 Å². The Kier molecular flexibility index (Phi) is 4.90. The van der Waals surface area contributed by atoms with E-state index < -0.39 is 0 Å². The molecule has 1 heteroatoms. The van der Waals surface area contributed by atoms with Crippen molar-refractivity contribution in [3.63, 3.8) is 0 Å². The lowest BCUT2D eigenvalue weighted by Crippen LogP contribution is -1.73. The van der Waals surface area contributed by atoms with Gasteiger partial charge >= 0.3 is 0 Å². The molecule has 138 valence electrons. The fraction of sp³-hybridized carbons (Fsp3) is 0. The molecule has 0 nitrogen and oxygen atoms in total. The van der Waals surface area contributed by atoms with E-state index >= 15 is 0 Å². The Morgan fingerprint density at radius 2 is 0.759 bits per heavy atom. The molecule has 0 spiro atoms. The van der Waals surface area contributed by atoms with Crippen molar-refractivity contribution in [1.29, 1.82) is 0 Å². The summed E-state index contributed by atoms with van der Waals surface area (Å²) in [7, 11) is 0. The van der Waals surface area contributed by atoms with Gasteiger partial charge in [-0.15, -0.1) is 0 Å². The maximum absolute atomic E-state index is 2.22.